The molecule has 2 aromatic heterocycles. The highest BCUT2D eigenvalue weighted by Gasteiger charge is 2.16. The fraction of sp³-hybridized carbons (Fsp3) is 0.250. The molecule has 1 N–H and O–H groups in total. The van der Waals surface area contributed by atoms with Gasteiger partial charge in [0.2, 0.25) is 5.91 Å². The number of aromatic nitrogens is 4. The summed E-state index contributed by atoms with van der Waals surface area (Å²) in [7, 11) is 0. The van der Waals surface area contributed by atoms with E-state index < -0.39 is 0 Å². The first-order valence-corrected chi connectivity index (χ1v) is 10.7. The van der Waals surface area contributed by atoms with Gasteiger partial charge in [-0.1, -0.05) is 17.7 Å². The number of aryl methyl sites for hydroxylation is 2. The third-order valence-corrected chi connectivity index (χ3v) is 5.54. The Labute approximate surface area is 189 Å². The van der Waals surface area contributed by atoms with E-state index in [0.717, 1.165) is 11.3 Å². The lowest BCUT2D eigenvalue weighted by atomic mass is 10.2. The van der Waals surface area contributed by atoms with Crippen molar-refractivity contribution in [2.24, 2.45) is 0 Å². The SMILES string of the molecule is Cc1ccc(-n2ncc3c(=O)n(CCC(=O)Nc4ccc5c(c4)OCCO5)c(C)nc32)cc1. The van der Waals surface area contributed by atoms with E-state index >= 15 is 0 Å². The second kappa shape index (κ2) is 8.42. The summed E-state index contributed by atoms with van der Waals surface area (Å²) >= 11 is 0. The molecular weight excluding hydrogens is 422 g/mol. The molecule has 1 aliphatic rings. The van der Waals surface area contributed by atoms with Crippen LogP contribution in [-0.2, 0) is 11.3 Å². The maximum absolute atomic E-state index is 13.1. The Hall–Kier alpha value is -4.14. The molecule has 0 saturated heterocycles. The predicted molar refractivity (Wildman–Crippen MR) is 123 cm³/mol. The van der Waals surface area contributed by atoms with Gasteiger partial charge >= 0.3 is 0 Å². The van der Waals surface area contributed by atoms with Crippen LogP contribution in [0.15, 0.2) is 53.5 Å². The molecular formula is C24H23N5O4. The maximum Gasteiger partial charge on any atom is 0.264 e. The molecule has 0 unspecified atom stereocenters. The van der Waals surface area contributed by atoms with Gasteiger partial charge in [-0.25, -0.2) is 9.67 Å². The minimum atomic E-state index is -0.219. The molecule has 0 fully saturated rings. The van der Waals surface area contributed by atoms with E-state index in [2.05, 4.69) is 15.4 Å². The van der Waals surface area contributed by atoms with Crippen LogP contribution in [0.3, 0.4) is 0 Å². The number of nitrogens with one attached hydrogen (secondary N) is 1. The largest absolute Gasteiger partial charge is 0.486 e. The standard InChI is InChI=1S/C24H23N5O4/c1-15-3-6-18(7-4-15)29-23-19(14-25-29)24(31)28(16(2)26-23)10-9-22(30)27-17-5-8-20-21(13-17)33-12-11-32-20/h3-8,13-14H,9-12H2,1-2H3,(H,27,30). The topological polar surface area (TPSA) is 100 Å². The van der Waals surface area contributed by atoms with Gasteiger partial charge in [0.05, 0.1) is 11.9 Å². The van der Waals surface area contributed by atoms with Crippen LogP contribution in [0.1, 0.15) is 17.8 Å². The molecule has 1 amide bonds. The summed E-state index contributed by atoms with van der Waals surface area (Å²) in [6, 6.07) is 13.1. The molecule has 0 spiro atoms. The van der Waals surface area contributed by atoms with E-state index in [0.29, 0.717) is 47.3 Å². The summed E-state index contributed by atoms with van der Waals surface area (Å²) in [5, 5.41) is 7.62. The predicted octanol–water partition coefficient (Wildman–Crippen LogP) is 3.00. The molecule has 9 heteroatoms. The lowest BCUT2D eigenvalue weighted by Crippen LogP contribution is -2.26. The number of carbonyl (C=O) groups is 1. The van der Waals surface area contributed by atoms with Crippen molar-refractivity contribution in [3.05, 3.63) is 70.4 Å². The number of hydrogen-bond acceptors (Lipinski definition) is 6. The molecule has 1 aliphatic heterocycles. The fourth-order valence-electron chi connectivity index (χ4n) is 3.80. The zero-order valence-corrected chi connectivity index (χ0v) is 18.4. The summed E-state index contributed by atoms with van der Waals surface area (Å²) in [6.07, 6.45) is 1.64. The van der Waals surface area contributed by atoms with Crippen LogP contribution in [0.4, 0.5) is 5.69 Å². The average Bonchev–Trinajstić information content (AvgIpc) is 3.23. The van der Waals surface area contributed by atoms with Crippen LogP contribution in [0.2, 0.25) is 0 Å². The van der Waals surface area contributed by atoms with Gasteiger partial charge in [-0.05, 0) is 38.1 Å². The van der Waals surface area contributed by atoms with Crippen molar-refractivity contribution in [2.75, 3.05) is 18.5 Å². The average molecular weight is 445 g/mol. The van der Waals surface area contributed by atoms with E-state index in [1.54, 1.807) is 29.8 Å². The van der Waals surface area contributed by atoms with Crippen molar-refractivity contribution in [1.29, 1.82) is 0 Å². The van der Waals surface area contributed by atoms with Crippen molar-refractivity contribution in [3.8, 4) is 17.2 Å². The molecule has 33 heavy (non-hydrogen) atoms. The first kappa shape index (κ1) is 20.7. The summed E-state index contributed by atoms with van der Waals surface area (Å²) in [5.41, 5.74) is 2.86. The van der Waals surface area contributed by atoms with Crippen molar-refractivity contribution >= 4 is 22.6 Å². The smallest absolute Gasteiger partial charge is 0.264 e. The Morgan fingerprint density at radius 2 is 1.82 bits per heavy atom. The Morgan fingerprint density at radius 3 is 2.61 bits per heavy atom. The normalized spacial score (nSPS) is 12.7. The number of anilines is 1. The van der Waals surface area contributed by atoms with Crippen LogP contribution >= 0.6 is 0 Å². The highest BCUT2D eigenvalue weighted by Crippen LogP contribution is 2.32. The number of benzene rings is 2. The highest BCUT2D eigenvalue weighted by molar-refractivity contribution is 5.91. The molecule has 168 valence electrons. The number of nitrogens with zero attached hydrogens (tertiary/aromatic N) is 4. The molecule has 0 atom stereocenters. The van der Waals surface area contributed by atoms with Crippen molar-refractivity contribution in [2.45, 2.75) is 26.8 Å². The van der Waals surface area contributed by atoms with Gasteiger partial charge in [-0.15, -0.1) is 0 Å². The second-order valence-corrected chi connectivity index (χ2v) is 7.90. The van der Waals surface area contributed by atoms with Gasteiger partial charge in [0.1, 0.15) is 24.4 Å². The number of hydrogen-bond donors (Lipinski definition) is 1. The van der Waals surface area contributed by atoms with Gasteiger partial charge in [0.15, 0.2) is 17.1 Å². The molecule has 9 nitrogen and oxygen atoms in total. The van der Waals surface area contributed by atoms with Crippen LogP contribution in [0.5, 0.6) is 11.5 Å². The summed E-state index contributed by atoms with van der Waals surface area (Å²) < 4.78 is 14.2. The Kier molecular flexibility index (Phi) is 5.29. The van der Waals surface area contributed by atoms with E-state index in [-0.39, 0.29) is 24.4 Å². The summed E-state index contributed by atoms with van der Waals surface area (Å²) in [4.78, 5) is 30.2. The van der Waals surface area contributed by atoms with Gasteiger partial charge in [-0.2, -0.15) is 5.10 Å². The zero-order chi connectivity index (χ0) is 22.9. The third kappa shape index (κ3) is 4.05. The minimum Gasteiger partial charge on any atom is -0.486 e. The summed E-state index contributed by atoms with van der Waals surface area (Å²) in [5.74, 6) is 1.57. The van der Waals surface area contributed by atoms with Gasteiger partial charge < -0.3 is 14.8 Å². The molecule has 3 heterocycles. The van der Waals surface area contributed by atoms with Gasteiger partial charge in [-0.3, -0.25) is 14.2 Å². The first-order valence-electron chi connectivity index (χ1n) is 10.7. The molecule has 4 aromatic rings. The number of fused-ring (bicyclic) bond motifs is 2. The zero-order valence-electron chi connectivity index (χ0n) is 18.4. The molecule has 5 rings (SSSR count). The van der Waals surface area contributed by atoms with Crippen molar-refractivity contribution in [1.82, 2.24) is 19.3 Å². The Bertz CT molecular complexity index is 1410. The quantitative estimate of drug-likeness (QED) is 0.507. The van der Waals surface area contributed by atoms with Crippen molar-refractivity contribution in [3.63, 3.8) is 0 Å². The van der Waals surface area contributed by atoms with E-state index in [4.69, 9.17) is 9.47 Å². The first-order chi connectivity index (χ1) is 16.0. The third-order valence-electron chi connectivity index (χ3n) is 5.54. The monoisotopic (exact) mass is 445 g/mol. The molecule has 2 aromatic carbocycles. The summed E-state index contributed by atoms with van der Waals surface area (Å²) in [6.45, 7) is 4.96. The number of amides is 1. The van der Waals surface area contributed by atoms with Crippen LogP contribution in [0, 0.1) is 13.8 Å². The van der Waals surface area contributed by atoms with Crippen LogP contribution in [0.25, 0.3) is 16.7 Å². The van der Waals surface area contributed by atoms with Crippen molar-refractivity contribution < 1.29 is 14.3 Å². The van der Waals surface area contributed by atoms with E-state index in [9.17, 15) is 9.59 Å². The fourth-order valence-corrected chi connectivity index (χ4v) is 3.80. The maximum atomic E-state index is 13.1. The number of carbonyl (C=O) groups excluding carboxylic acids is 1. The van der Waals surface area contributed by atoms with E-state index in [1.165, 1.54) is 10.8 Å². The number of ether oxygens (including phenoxy) is 2. The lowest BCUT2D eigenvalue weighted by Gasteiger charge is -2.19. The second-order valence-electron chi connectivity index (χ2n) is 7.90. The molecule has 0 bridgehead atoms. The molecule has 0 aliphatic carbocycles. The Balaban J connectivity index is 1.33. The van der Waals surface area contributed by atoms with E-state index in [1.807, 2.05) is 31.2 Å². The minimum absolute atomic E-state index is 0.120. The Morgan fingerprint density at radius 1 is 1.06 bits per heavy atom. The van der Waals surface area contributed by atoms with Crippen LogP contribution in [-0.4, -0.2) is 38.5 Å². The number of rotatable bonds is 5. The molecule has 0 saturated carbocycles. The van der Waals surface area contributed by atoms with Crippen LogP contribution < -0.4 is 20.3 Å². The molecule has 0 radical (unpaired) electrons. The van der Waals surface area contributed by atoms with Gasteiger partial charge in [0.25, 0.3) is 5.56 Å². The van der Waals surface area contributed by atoms with Gasteiger partial charge in [0, 0.05) is 24.7 Å². The lowest BCUT2D eigenvalue weighted by molar-refractivity contribution is -0.116. The highest BCUT2D eigenvalue weighted by atomic mass is 16.6.